The predicted molar refractivity (Wildman–Crippen MR) is 121 cm³/mol. The van der Waals surface area contributed by atoms with Crippen LogP contribution < -0.4 is 10.1 Å². The molecule has 2 heterocycles. The number of carbonyl (C=O) groups excluding carboxylic acids is 1. The zero-order chi connectivity index (χ0) is 21.1. The highest BCUT2D eigenvalue weighted by atomic mass is 32.2. The number of fused-ring (bicyclic) bond motifs is 3. The molecule has 1 amide bonds. The highest BCUT2D eigenvalue weighted by Gasteiger charge is 2.15. The van der Waals surface area contributed by atoms with Gasteiger partial charge in [-0.15, -0.1) is 22.7 Å². The molecule has 0 bridgehead atoms. The Labute approximate surface area is 182 Å². The number of aryl methyl sites for hydroxylation is 1. The number of carbonyl (C=O) groups is 1. The lowest BCUT2D eigenvalue weighted by Crippen LogP contribution is -2.30. The summed E-state index contributed by atoms with van der Waals surface area (Å²) in [6.07, 6.45) is 0.337. The predicted octanol–water partition coefficient (Wildman–Crippen LogP) is 4.18. The van der Waals surface area contributed by atoms with Crippen LogP contribution in [0.5, 0.6) is 5.75 Å². The van der Waals surface area contributed by atoms with Crippen LogP contribution in [0, 0.1) is 6.92 Å². The quantitative estimate of drug-likeness (QED) is 0.399. The van der Waals surface area contributed by atoms with E-state index >= 15 is 0 Å². The number of rotatable bonds is 8. The van der Waals surface area contributed by atoms with Gasteiger partial charge < -0.3 is 10.1 Å². The molecule has 9 heteroatoms. The van der Waals surface area contributed by atoms with E-state index < -0.39 is 9.84 Å². The minimum absolute atomic E-state index is 0.0188. The van der Waals surface area contributed by atoms with E-state index in [2.05, 4.69) is 10.3 Å². The molecule has 4 rings (SSSR count). The van der Waals surface area contributed by atoms with Gasteiger partial charge in [0.15, 0.2) is 16.4 Å². The third-order valence-electron chi connectivity index (χ3n) is 4.54. The minimum atomic E-state index is -3.34. The van der Waals surface area contributed by atoms with Gasteiger partial charge in [-0.3, -0.25) is 4.79 Å². The standard InChI is InChI=1S/C21H20N2O4S3/c1-14-23-20-18(29-14)12-17(16-8-10-28-21(16)20)27-13-19(24)22-9-5-11-30(25,26)15-6-3-2-4-7-15/h2-4,6-8,10,12H,5,9,11,13H2,1H3,(H,22,24). The first-order valence-electron chi connectivity index (χ1n) is 9.39. The zero-order valence-electron chi connectivity index (χ0n) is 16.3. The Morgan fingerprint density at radius 3 is 2.80 bits per heavy atom. The van der Waals surface area contributed by atoms with Gasteiger partial charge in [-0.2, -0.15) is 0 Å². The van der Waals surface area contributed by atoms with E-state index in [9.17, 15) is 13.2 Å². The van der Waals surface area contributed by atoms with Gasteiger partial charge in [-0.25, -0.2) is 13.4 Å². The summed E-state index contributed by atoms with van der Waals surface area (Å²) in [5.41, 5.74) is 0.971. The van der Waals surface area contributed by atoms with E-state index in [0.717, 1.165) is 25.3 Å². The third-order valence-corrected chi connectivity index (χ3v) is 8.20. The van der Waals surface area contributed by atoms with Crippen molar-refractivity contribution in [2.24, 2.45) is 0 Å². The highest BCUT2D eigenvalue weighted by Crippen LogP contribution is 2.38. The fraction of sp³-hybridized carbons (Fsp3) is 0.238. The zero-order valence-corrected chi connectivity index (χ0v) is 18.7. The van der Waals surface area contributed by atoms with Crippen LogP contribution in [-0.4, -0.2) is 38.2 Å². The summed E-state index contributed by atoms with van der Waals surface area (Å²) in [5.74, 6) is 0.356. The molecule has 0 radical (unpaired) electrons. The number of hydrogen-bond donors (Lipinski definition) is 1. The maximum absolute atomic E-state index is 12.3. The molecule has 0 aliphatic rings. The van der Waals surface area contributed by atoms with Crippen molar-refractivity contribution in [2.45, 2.75) is 18.2 Å². The molecule has 1 N–H and O–H groups in total. The topological polar surface area (TPSA) is 85.4 Å². The van der Waals surface area contributed by atoms with Crippen LogP contribution in [0.2, 0.25) is 0 Å². The summed E-state index contributed by atoms with van der Waals surface area (Å²) < 4.78 is 32.4. The summed E-state index contributed by atoms with van der Waals surface area (Å²) in [6, 6.07) is 12.2. The van der Waals surface area contributed by atoms with Gasteiger partial charge in [0.25, 0.3) is 5.91 Å². The molecule has 2 aromatic heterocycles. The van der Waals surface area contributed by atoms with E-state index in [1.54, 1.807) is 53.0 Å². The number of benzene rings is 2. The molecule has 0 atom stereocenters. The first-order chi connectivity index (χ1) is 14.4. The van der Waals surface area contributed by atoms with Crippen LogP contribution in [0.25, 0.3) is 20.3 Å². The fourth-order valence-electron chi connectivity index (χ4n) is 3.14. The second kappa shape index (κ2) is 8.71. The molecule has 156 valence electrons. The van der Waals surface area contributed by atoms with Gasteiger partial charge in [-0.1, -0.05) is 18.2 Å². The monoisotopic (exact) mass is 460 g/mol. The maximum Gasteiger partial charge on any atom is 0.257 e. The summed E-state index contributed by atoms with van der Waals surface area (Å²) in [7, 11) is -3.34. The van der Waals surface area contributed by atoms with E-state index in [1.165, 1.54) is 0 Å². The molecule has 0 spiro atoms. The summed E-state index contributed by atoms with van der Waals surface area (Å²) in [6.45, 7) is 2.12. The van der Waals surface area contributed by atoms with E-state index in [4.69, 9.17) is 4.74 Å². The number of thiophene rings is 1. The van der Waals surface area contributed by atoms with E-state index in [-0.39, 0.29) is 24.8 Å². The molecular weight excluding hydrogens is 440 g/mol. The molecule has 0 aliphatic carbocycles. The number of nitrogens with zero attached hydrogens (tertiary/aromatic N) is 1. The van der Waals surface area contributed by atoms with Gasteiger partial charge in [0, 0.05) is 18.0 Å². The molecule has 2 aromatic carbocycles. The first-order valence-corrected chi connectivity index (χ1v) is 12.7. The van der Waals surface area contributed by atoms with Gasteiger partial charge in [-0.05, 0) is 36.9 Å². The molecule has 0 fully saturated rings. The van der Waals surface area contributed by atoms with Crippen LogP contribution in [0.4, 0.5) is 0 Å². The Hall–Kier alpha value is -2.49. The minimum Gasteiger partial charge on any atom is -0.483 e. The molecule has 30 heavy (non-hydrogen) atoms. The van der Waals surface area contributed by atoms with Crippen molar-refractivity contribution < 1.29 is 17.9 Å². The summed E-state index contributed by atoms with van der Waals surface area (Å²) >= 11 is 3.20. The molecular formula is C21H20N2O4S3. The van der Waals surface area contributed by atoms with Crippen molar-refractivity contribution in [3.63, 3.8) is 0 Å². The Bertz CT molecular complexity index is 1290. The second-order valence-corrected chi connectivity index (χ2v) is 11.0. The molecule has 4 aromatic rings. The number of sulfone groups is 1. The number of thiazole rings is 1. The number of amides is 1. The summed E-state index contributed by atoms with van der Waals surface area (Å²) in [5, 5.41) is 6.64. The SMILES string of the molecule is Cc1nc2c(cc(OCC(=O)NCCCS(=O)(=O)c3ccccc3)c3ccsc32)s1. The van der Waals surface area contributed by atoms with Crippen LogP contribution in [0.1, 0.15) is 11.4 Å². The third kappa shape index (κ3) is 4.48. The number of aromatic nitrogens is 1. The highest BCUT2D eigenvalue weighted by molar-refractivity contribution is 7.91. The fourth-order valence-corrected chi connectivity index (χ4v) is 6.30. The van der Waals surface area contributed by atoms with Crippen LogP contribution in [0.3, 0.4) is 0 Å². The molecule has 0 aliphatic heterocycles. The van der Waals surface area contributed by atoms with Gasteiger partial charge in [0.1, 0.15) is 5.75 Å². The number of hydrogen-bond acceptors (Lipinski definition) is 7. The molecule has 0 unspecified atom stereocenters. The first kappa shape index (κ1) is 20.8. The smallest absolute Gasteiger partial charge is 0.257 e. The van der Waals surface area contributed by atoms with Crippen molar-refractivity contribution in [2.75, 3.05) is 18.9 Å². The summed E-state index contributed by atoms with van der Waals surface area (Å²) in [4.78, 5) is 17.0. The Morgan fingerprint density at radius 2 is 2.00 bits per heavy atom. The van der Waals surface area contributed by atoms with Crippen molar-refractivity contribution >= 4 is 58.7 Å². The number of nitrogens with one attached hydrogen (secondary N) is 1. The van der Waals surface area contributed by atoms with Crippen molar-refractivity contribution in [3.8, 4) is 5.75 Å². The lowest BCUT2D eigenvalue weighted by molar-refractivity contribution is -0.123. The van der Waals surface area contributed by atoms with Gasteiger partial charge in [0.05, 0.1) is 30.6 Å². The van der Waals surface area contributed by atoms with Crippen LogP contribution in [0.15, 0.2) is 52.7 Å². The Kier molecular flexibility index (Phi) is 6.03. The lowest BCUT2D eigenvalue weighted by atomic mass is 10.2. The van der Waals surface area contributed by atoms with Crippen molar-refractivity contribution in [3.05, 3.63) is 52.9 Å². The number of ether oxygens (including phenoxy) is 1. The van der Waals surface area contributed by atoms with E-state index in [0.29, 0.717) is 17.1 Å². The lowest BCUT2D eigenvalue weighted by Gasteiger charge is -2.09. The van der Waals surface area contributed by atoms with Gasteiger partial charge in [0.2, 0.25) is 0 Å². The Balaban J connectivity index is 1.31. The molecule has 6 nitrogen and oxygen atoms in total. The van der Waals surface area contributed by atoms with Crippen molar-refractivity contribution in [1.82, 2.24) is 10.3 Å². The Morgan fingerprint density at radius 1 is 1.20 bits per heavy atom. The second-order valence-electron chi connectivity index (χ2n) is 6.74. The average Bonchev–Trinajstić information content (AvgIpc) is 3.36. The normalized spacial score (nSPS) is 11.8. The van der Waals surface area contributed by atoms with Crippen LogP contribution >= 0.6 is 22.7 Å². The van der Waals surface area contributed by atoms with Gasteiger partial charge >= 0.3 is 0 Å². The molecule has 0 saturated carbocycles. The molecule has 0 saturated heterocycles. The average molecular weight is 461 g/mol. The maximum atomic E-state index is 12.3. The van der Waals surface area contributed by atoms with Crippen molar-refractivity contribution in [1.29, 1.82) is 0 Å². The van der Waals surface area contributed by atoms with E-state index in [1.807, 2.05) is 24.4 Å². The largest absolute Gasteiger partial charge is 0.483 e. The van der Waals surface area contributed by atoms with Crippen LogP contribution in [-0.2, 0) is 14.6 Å².